The van der Waals surface area contributed by atoms with Crippen LogP contribution < -0.4 is 0 Å². The molecule has 5 nitrogen and oxygen atoms in total. The Morgan fingerprint density at radius 2 is 1.38 bits per heavy atom. The molecule has 0 aromatic rings. The summed E-state index contributed by atoms with van der Waals surface area (Å²) in [6, 6.07) is 0. The minimum Gasteiger partial charge on any atom is -1.00 e. The first-order valence-corrected chi connectivity index (χ1v) is 5.17. The summed E-state index contributed by atoms with van der Waals surface area (Å²) in [6.45, 7) is 6.44. The van der Waals surface area contributed by atoms with Gasteiger partial charge < -0.3 is 27.6 Å². The predicted molar refractivity (Wildman–Crippen MR) is 65.7 cm³/mol. The number of aliphatic hydroxyl groups excluding tert-OH is 3. The van der Waals surface area contributed by atoms with Gasteiger partial charge in [0.2, 0.25) is 0 Å². The van der Waals surface area contributed by atoms with Crippen LogP contribution in [0.5, 0.6) is 0 Å². The third-order valence-corrected chi connectivity index (χ3v) is 1.16. The molecule has 3 N–H and O–H groups in total. The van der Waals surface area contributed by atoms with Crippen LogP contribution in [0, 0.1) is 5.92 Å². The van der Waals surface area contributed by atoms with E-state index in [0.717, 1.165) is 6.61 Å². The Morgan fingerprint density at radius 1 is 0.875 bits per heavy atom. The van der Waals surface area contributed by atoms with Crippen LogP contribution in [-0.2, 0) is 9.47 Å². The van der Waals surface area contributed by atoms with Gasteiger partial charge in [0.05, 0.1) is 39.6 Å². The van der Waals surface area contributed by atoms with E-state index in [1.165, 1.54) is 0 Å². The number of aliphatic hydroxyl groups is 3. The normalized spacial score (nSPS) is 9.38. The van der Waals surface area contributed by atoms with Crippen LogP contribution in [0.3, 0.4) is 0 Å². The molecule has 0 spiro atoms. The first-order valence-electron chi connectivity index (χ1n) is 5.17. The van der Waals surface area contributed by atoms with Crippen LogP contribution >= 0.6 is 0 Å². The fourth-order valence-corrected chi connectivity index (χ4v) is 0.603. The van der Waals surface area contributed by atoms with Gasteiger partial charge in [0, 0.05) is 6.61 Å². The molecule has 16 heavy (non-hydrogen) atoms. The standard InChI is InChI=1S/C8H18O3.C2H6O2.Ca.2H/c1-8(2)7-11-6-5-10-4-3-9;3-1-2-4;;;/h8-9H,3-7H2,1-2H3;3-4H,1-2H2;;;/q;;+2;2*-1. The molecule has 0 aliphatic heterocycles. The Balaban J connectivity index is -0.0000000712. The fourth-order valence-electron chi connectivity index (χ4n) is 0.603. The summed E-state index contributed by atoms with van der Waals surface area (Å²) in [5, 5.41) is 23.6. The molecule has 0 heterocycles. The topological polar surface area (TPSA) is 79.2 Å². The van der Waals surface area contributed by atoms with Crippen molar-refractivity contribution >= 4 is 37.7 Å². The average molecular weight is 266 g/mol. The molecule has 0 bridgehead atoms. The molecular weight excluding hydrogens is 240 g/mol. The van der Waals surface area contributed by atoms with Crippen LogP contribution in [0.25, 0.3) is 0 Å². The SMILES string of the molecule is CC(C)COCCOCCO.OCCO.[Ca+2].[H-].[H-]. The molecule has 0 aliphatic rings. The van der Waals surface area contributed by atoms with Crippen molar-refractivity contribution in [2.24, 2.45) is 5.92 Å². The Kier molecular flexibility index (Phi) is 29.7. The van der Waals surface area contributed by atoms with Gasteiger partial charge in [0.1, 0.15) is 0 Å². The first kappa shape index (κ1) is 22.3. The van der Waals surface area contributed by atoms with E-state index in [2.05, 4.69) is 13.8 Å². The molecule has 0 aromatic carbocycles. The summed E-state index contributed by atoms with van der Waals surface area (Å²) >= 11 is 0. The molecule has 0 saturated heterocycles. The second-order valence-corrected chi connectivity index (χ2v) is 3.25. The predicted octanol–water partition coefficient (Wildman–Crippen LogP) is -0.517. The van der Waals surface area contributed by atoms with E-state index in [-0.39, 0.29) is 60.4 Å². The second kappa shape index (κ2) is 21.4. The molecule has 98 valence electrons. The van der Waals surface area contributed by atoms with E-state index in [0.29, 0.717) is 25.7 Å². The molecule has 0 amide bonds. The first-order chi connectivity index (χ1) is 7.18. The van der Waals surface area contributed by atoms with Gasteiger partial charge in [-0.05, 0) is 5.92 Å². The summed E-state index contributed by atoms with van der Waals surface area (Å²) in [6.07, 6.45) is 0. The number of hydrogen-bond donors (Lipinski definition) is 3. The Morgan fingerprint density at radius 3 is 1.75 bits per heavy atom. The van der Waals surface area contributed by atoms with Gasteiger partial charge in [-0.15, -0.1) is 0 Å². The molecule has 0 aliphatic carbocycles. The summed E-state index contributed by atoms with van der Waals surface area (Å²) in [5.74, 6) is 0.577. The van der Waals surface area contributed by atoms with Gasteiger partial charge in [-0.1, -0.05) is 13.8 Å². The molecule has 0 rings (SSSR count). The quantitative estimate of drug-likeness (QED) is 0.407. The molecule has 0 saturated carbocycles. The van der Waals surface area contributed by atoms with E-state index < -0.39 is 0 Å². The Labute approximate surface area is 131 Å². The van der Waals surface area contributed by atoms with Crippen molar-refractivity contribution in [2.75, 3.05) is 46.2 Å². The molecule has 0 atom stereocenters. The maximum Gasteiger partial charge on any atom is 2.00 e. The smallest absolute Gasteiger partial charge is 1.00 e. The Hall–Kier alpha value is 1.06. The summed E-state index contributed by atoms with van der Waals surface area (Å²) in [7, 11) is 0. The van der Waals surface area contributed by atoms with E-state index >= 15 is 0 Å². The van der Waals surface area contributed by atoms with Crippen molar-refractivity contribution in [1.82, 2.24) is 0 Å². The van der Waals surface area contributed by atoms with Gasteiger partial charge >= 0.3 is 37.7 Å². The van der Waals surface area contributed by atoms with Crippen molar-refractivity contribution in [3.63, 3.8) is 0 Å². The van der Waals surface area contributed by atoms with E-state index in [4.69, 9.17) is 24.8 Å². The van der Waals surface area contributed by atoms with Crippen LogP contribution in [-0.4, -0.2) is 99.3 Å². The second-order valence-electron chi connectivity index (χ2n) is 3.25. The monoisotopic (exact) mass is 266 g/mol. The third-order valence-electron chi connectivity index (χ3n) is 1.16. The van der Waals surface area contributed by atoms with Crippen LogP contribution in [0.1, 0.15) is 16.7 Å². The third kappa shape index (κ3) is 29.4. The molecular formula is C10H26CaO5. The van der Waals surface area contributed by atoms with E-state index in [1.807, 2.05) is 0 Å². The van der Waals surface area contributed by atoms with Crippen molar-refractivity contribution in [1.29, 1.82) is 0 Å². The summed E-state index contributed by atoms with van der Waals surface area (Å²) in [5.41, 5.74) is 0. The maximum absolute atomic E-state index is 8.35. The number of ether oxygens (including phenoxy) is 2. The maximum atomic E-state index is 8.35. The Bertz CT molecular complexity index is 110. The fraction of sp³-hybridized carbons (Fsp3) is 1.00. The van der Waals surface area contributed by atoms with Gasteiger partial charge in [-0.2, -0.15) is 0 Å². The van der Waals surface area contributed by atoms with Gasteiger partial charge in [-0.25, -0.2) is 0 Å². The molecule has 0 fully saturated rings. The van der Waals surface area contributed by atoms with Crippen LogP contribution in [0.15, 0.2) is 0 Å². The molecule has 0 unspecified atom stereocenters. The van der Waals surface area contributed by atoms with Crippen LogP contribution in [0.2, 0.25) is 0 Å². The van der Waals surface area contributed by atoms with E-state index in [9.17, 15) is 0 Å². The van der Waals surface area contributed by atoms with Gasteiger partial charge in [-0.3, -0.25) is 0 Å². The largest absolute Gasteiger partial charge is 2.00 e. The van der Waals surface area contributed by atoms with Crippen molar-refractivity contribution in [2.45, 2.75) is 13.8 Å². The van der Waals surface area contributed by atoms with Crippen molar-refractivity contribution < 1.29 is 27.6 Å². The average Bonchev–Trinajstić information content (AvgIpc) is 2.23. The van der Waals surface area contributed by atoms with E-state index in [1.54, 1.807) is 0 Å². The minimum atomic E-state index is -0.125. The molecule has 6 heteroatoms. The van der Waals surface area contributed by atoms with Crippen molar-refractivity contribution in [3.05, 3.63) is 0 Å². The number of rotatable bonds is 8. The molecule has 0 radical (unpaired) electrons. The van der Waals surface area contributed by atoms with Crippen LogP contribution in [0.4, 0.5) is 0 Å². The zero-order chi connectivity index (χ0) is 11.9. The van der Waals surface area contributed by atoms with Gasteiger partial charge in [0.25, 0.3) is 0 Å². The zero-order valence-electron chi connectivity index (χ0n) is 12.4. The van der Waals surface area contributed by atoms with Crippen molar-refractivity contribution in [3.8, 4) is 0 Å². The number of hydrogen-bond acceptors (Lipinski definition) is 5. The molecule has 0 aromatic heterocycles. The minimum absolute atomic E-state index is 0. The van der Waals surface area contributed by atoms with Gasteiger partial charge in [0.15, 0.2) is 0 Å². The summed E-state index contributed by atoms with van der Waals surface area (Å²) < 4.78 is 10.2. The summed E-state index contributed by atoms with van der Waals surface area (Å²) in [4.78, 5) is 0. The zero-order valence-corrected chi connectivity index (χ0v) is 12.6.